The molecule has 2 N–H and O–H groups in total. The quantitative estimate of drug-likeness (QED) is 0.802. The van der Waals surface area contributed by atoms with Gasteiger partial charge in [-0.1, -0.05) is 57.9 Å². The number of sulfone groups is 1. The Labute approximate surface area is 123 Å². The molecule has 1 aromatic rings. The summed E-state index contributed by atoms with van der Waals surface area (Å²) in [4.78, 5) is 0. The molecule has 0 aliphatic rings. The minimum absolute atomic E-state index is 0.0322. The molecule has 2 unspecified atom stereocenters. The Kier molecular flexibility index (Phi) is 6.69. The summed E-state index contributed by atoms with van der Waals surface area (Å²) < 4.78 is 24.1. The van der Waals surface area contributed by atoms with E-state index in [0.717, 1.165) is 24.8 Å². The van der Waals surface area contributed by atoms with Crippen molar-refractivity contribution < 1.29 is 8.42 Å². The van der Waals surface area contributed by atoms with E-state index in [0.29, 0.717) is 0 Å². The van der Waals surface area contributed by atoms with E-state index >= 15 is 0 Å². The van der Waals surface area contributed by atoms with Gasteiger partial charge >= 0.3 is 0 Å². The number of benzene rings is 1. The summed E-state index contributed by atoms with van der Waals surface area (Å²) in [5, 5.41) is 0. The smallest absolute Gasteiger partial charge is 0.152 e. The first-order chi connectivity index (χ1) is 9.38. The van der Waals surface area contributed by atoms with Crippen LogP contribution in [0.2, 0.25) is 0 Å². The predicted molar refractivity (Wildman–Crippen MR) is 85.5 cm³/mol. The van der Waals surface area contributed by atoms with Crippen LogP contribution in [0.15, 0.2) is 24.3 Å². The fourth-order valence-corrected chi connectivity index (χ4v) is 4.19. The zero-order chi connectivity index (χ0) is 15.2. The fraction of sp³-hybridized carbons (Fsp3) is 0.625. The van der Waals surface area contributed by atoms with Gasteiger partial charge < -0.3 is 5.73 Å². The van der Waals surface area contributed by atoms with Crippen LogP contribution in [-0.2, 0) is 16.3 Å². The highest BCUT2D eigenvalue weighted by Crippen LogP contribution is 2.16. The van der Waals surface area contributed by atoms with E-state index in [4.69, 9.17) is 5.73 Å². The van der Waals surface area contributed by atoms with Gasteiger partial charge in [-0.2, -0.15) is 0 Å². The molecule has 0 saturated heterocycles. The molecular formula is C16H27NO2S. The van der Waals surface area contributed by atoms with Crippen LogP contribution in [0.4, 0.5) is 0 Å². The SMILES string of the molecule is CCCc1ccc(C(N)CS(=O)(=O)CC(C)CC)cc1. The molecule has 0 fully saturated rings. The van der Waals surface area contributed by atoms with Gasteiger partial charge in [-0.05, 0) is 23.5 Å². The third-order valence-electron chi connectivity index (χ3n) is 3.62. The summed E-state index contributed by atoms with van der Waals surface area (Å²) in [5.41, 5.74) is 8.21. The number of nitrogens with two attached hydrogens (primary N) is 1. The summed E-state index contributed by atoms with van der Waals surface area (Å²) in [7, 11) is -3.09. The first kappa shape index (κ1) is 17.2. The molecule has 0 amide bonds. The van der Waals surface area contributed by atoms with Gasteiger partial charge in [0.15, 0.2) is 9.84 Å². The zero-order valence-electron chi connectivity index (χ0n) is 12.8. The first-order valence-corrected chi connectivity index (χ1v) is 9.25. The van der Waals surface area contributed by atoms with Gasteiger partial charge in [0.05, 0.1) is 11.5 Å². The maximum atomic E-state index is 12.1. The Balaban J connectivity index is 2.68. The lowest BCUT2D eigenvalue weighted by Gasteiger charge is -2.15. The number of rotatable bonds is 8. The van der Waals surface area contributed by atoms with Gasteiger partial charge in [0.25, 0.3) is 0 Å². The van der Waals surface area contributed by atoms with Crippen LogP contribution in [0.1, 0.15) is 50.8 Å². The van der Waals surface area contributed by atoms with Crippen LogP contribution in [-0.4, -0.2) is 19.9 Å². The number of hydrogen-bond acceptors (Lipinski definition) is 3. The molecule has 1 rings (SSSR count). The monoisotopic (exact) mass is 297 g/mol. The minimum Gasteiger partial charge on any atom is -0.323 e. The predicted octanol–water partition coefficient (Wildman–Crippen LogP) is 3.10. The first-order valence-electron chi connectivity index (χ1n) is 7.42. The lowest BCUT2D eigenvalue weighted by molar-refractivity contribution is 0.559. The molecule has 0 bridgehead atoms. The van der Waals surface area contributed by atoms with Crippen molar-refractivity contribution in [1.82, 2.24) is 0 Å². The highest BCUT2D eigenvalue weighted by Gasteiger charge is 2.19. The molecule has 0 radical (unpaired) electrons. The third-order valence-corrected chi connectivity index (χ3v) is 5.56. The van der Waals surface area contributed by atoms with E-state index in [-0.39, 0.29) is 17.4 Å². The van der Waals surface area contributed by atoms with Crippen molar-refractivity contribution >= 4 is 9.84 Å². The molecule has 0 aliphatic heterocycles. The lowest BCUT2D eigenvalue weighted by atomic mass is 10.0. The zero-order valence-corrected chi connectivity index (χ0v) is 13.6. The molecule has 3 nitrogen and oxygen atoms in total. The van der Waals surface area contributed by atoms with Crippen molar-refractivity contribution in [2.24, 2.45) is 11.7 Å². The molecule has 114 valence electrons. The molecule has 0 heterocycles. The maximum absolute atomic E-state index is 12.1. The van der Waals surface area contributed by atoms with E-state index < -0.39 is 15.9 Å². The van der Waals surface area contributed by atoms with Crippen LogP contribution < -0.4 is 5.73 Å². The second kappa shape index (κ2) is 7.79. The molecule has 0 aromatic heterocycles. The topological polar surface area (TPSA) is 60.2 Å². The maximum Gasteiger partial charge on any atom is 0.152 e. The standard InChI is InChI=1S/C16H27NO2S/c1-4-6-14-7-9-15(10-8-14)16(17)12-20(18,19)11-13(3)5-2/h7-10,13,16H,4-6,11-12,17H2,1-3H3. The van der Waals surface area contributed by atoms with Gasteiger partial charge in [-0.3, -0.25) is 0 Å². The summed E-state index contributed by atoms with van der Waals surface area (Å²) in [6.07, 6.45) is 3.02. The van der Waals surface area contributed by atoms with E-state index in [2.05, 4.69) is 6.92 Å². The normalized spacial score (nSPS) is 15.0. The highest BCUT2D eigenvalue weighted by atomic mass is 32.2. The fourth-order valence-electron chi connectivity index (χ4n) is 2.21. The lowest BCUT2D eigenvalue weighted by Crippen LogP contribution is -2.25. The van der Waals surface area contributed by atoms with Crippen molar-refractivity contribution in [3.63, 3.8) is 0 Å². The molecule has 0 saturated carbocycles. The van der Waals surface area contributed by atoms with Crippen molar-refractivity contribution in [3.8, 4) is 0 Å². The Morgan fingerprint density at radius 2 is 1.70 bits per heavy atom. The van der Waals surface area contributed by atoms with Gasteiger partial charge in [-0.25, -0.2) is 8.42 Å². The second-order valence-corrected chi connectivity index (χ2v) is 7.84. The Hall–Kier alpha value is -0.870. The van der Waals surface area contributed by atoms with E-state index in [1.54, 1.807) is 0 Å². The number of hydrogen-bond donors (Lipinski definition) is 1. The molecule has 20 heavy (non-hydrogen) atoms. The molecular weight excluding hydrogens is 270 g/mol. The Morgan fingerprint density at radius 3 is 2.20 bits per heavy atom. The van der Waals surface area contributed by atoms with Crippen LogP contribution >= 0.6 is 0 Å². The van der Waals surface area contributed by atoms with Crippen LogP contribution in [0, 0.1) is 5.92 Å². The van der Waals surface area contributed by atoms with Crippen molar-refractivity contribution in [3.05, 3.63) is 35.4 Å². The van der Waals surface area contributed by atoms with E-state index in [9.17, 15) is 8.42 Å². The summed E-state index contributed by atoms with van der Waals surface area (Å²) in [6, 6.07) is 7.56. The highest BCUT2D eigenvalue weighted by molar-refractivity contribution is 7.91. The van der Waals surface area contributed by atoms with E-state index in [1.165, 1.54) is 5.56 Å². The largest absolute Gasteiger partial charge is 0.323 e. The van der Waals surface area contributed by atoms with Crippen LogP contribution in [0.5, 0.6) is 0 Å². The van der Waals surface area contributed by atoms with Crippen molar-refractivity contribution in [2.45, 2.75) is 46.1 Å². The van der Waals surface area contributed by atoms with Crippen LogP contribution in [0.3, 0.4) is 0 Å². The van der Waals surface area contributed by atoms with Crippen molar-refractivity contribution in [2.75, 3.05) is 11.5 Å². The summed E-state index contributed by atoms with van der Waals surface area (Å²) in [5.74, 6) is 0.453. The van der Waals surface area contributed by atoms with Gasteiger partial charge in [0.1, 0.15) is 0 Å². The Bertz CT molecular complexity index is 494. The minimum atomic E-state index is -3.09. The second-order valence-electron chi connectivity index (χ2n) is 5.69. The molecule has 1 aromatic carbocycles. The molecule has 2 atom stereocenters. The molecule has 0 aliphatic carbocycles. The number of aryl methyl sites for hydroxylation is 1. The summed E-state index contributed by atoms with van der Waals surface area (Å²) >= 11 is 0. The van der Waals surface area contributed by atoms with Gasteiger partial charge in [0.2, 0.25) is 0 Å². The molecule has 0 spiro atoms. The van der Waals surface area contributed by atoms with Crippen LogP contribution in [0.25, 0.3) is 0 Å². The average Bonchev–Trinajstić information content (AvgIpc) is 2.38. The summed E-state index contributed by atoms with van der Waals surface area (Å²) in [6.45, 7) is 6.11. The van der Waals surface area contributed by atoms with Crippen molar-refractivity contribution in [1.29, 1.82) is 0 Å². The van der Waals surface area contributed by atoms with Gasteiger partial charge in [-0.15, -0.1) is 0 Å². The average molecular weight is 297 g/mol. The van der Waals surface area contributed by atoms with Gasteiger partial charge in [0, 0.05) is 6.04 Å². The van der Waals surface area contributed by atoms with E-state index in [1.807, 2.05) is 38.1 Å². The third kappa shape index (κ3) is 5.63. The Morgan fingerprint density at radius 1 is 1.10 bits per heavy atom. The molecule has 4 heteroatoms.